The third-order valence-corrected chi connectivity index (χ3v) is 5.09. The molecule has 2 aromatic rings. The fraction of sp³-hybridized carbons (Fsp3) is 0.471. The van der Waals surface area contributed by atoms with E-state index in [0.717, 1.165) is 29.0 Å². The summed E-state index contributed by atoms with van der Waals surface area (Å²) in [6, 6.07) is 7.30. The minimum Gasteiger partial charge on any atom is -0.497 e. The first-order valence-electron chi connectivity index (χ1n) is 8.17. The summed E-state index contributed by atoms with van der Waals surface area (Å²) >= 11 is 1.45. The molecule has 1 aromatic carbocycles. The molecule has 6 nitrogen and oxygen atoms in total. The van der Waals surface area contributed by atoms with Crippen LogP contribution in [0.4, 0.5) is 5.69 Å². The Morgan fingerprint density at radius 2 is 2.08 bits per heavy atom. The molecular formula is C17H22N4O2S. The number of nitrogens with one attached hydrogen (secondary N) is 1. The second-order valence-corrected chi connectivity index (χ2v) is 7.15. The van der Waals surface area contributed by atoms with Gasteiger partial charge in [0, 0.05) is 18.2 Å². The molecule has 7 heteroatoms. The molecule has 0 spiro atoms. The molecule has 1 amide bonds. The highest BCUT2D eigenvalue weighted by Crippen LogP contribution is 2.40. The van der Waals surface area contributed by atoms with Gasteiger partial charge in [-0.05, 0) is 51.0 Å². The van der Waals surface area contributed by atoms with Crippen molar-refractivity contribution < 1.29 is 9.53 Å². The average Bonchev–Trinajstić information content (AvgIpc) is 3.36. The van der Waals surface area contributed by atoms with E-state index in [2.05, 4.69) is 27.0 Å². The zero-order valence-corrected chi connectivity index (χ0v) is 15.0. The molecule has 1 aliphatic rings. The topological polar surface area (TPSA) is 69.0 Å². The quantitative estimate of drug-likeness (QED) is 0.779. The summed E-state index contributed by atoms with van der Waals surface area (Å²) in [5.41, 5.74) is 0.754. The number of anilines is 1. The number of nitrogens with zero attached hydrogens (tertiary/aromatic N) is 3. The number of methoxy groups -OCH3 is 1. The molecule has 0 unspecified atom stereocenters. The van der Waals surface area contributed by atoms with Gasteiger partial charge in [-0.1, -0.05) is 11.8 Å². The van der Waals surface area contributed by atoms with Crippen LogP contribution in [-0.2, 0) is 11.3 Å². The molecule has 1 atom stereocenters. The van der Waals surface area contributed by atoms with E-state index in [4.69, 9.17) is 4.74 Å². The number of ether oxygens (including phenoxy) is 1. The lowest BCUT2D eigenvalue weighted by atomic mass is 10.3. The summed E-state index contributed by atoms with van der Waals surface area (Å²) in [4.78, 5) is 12.4. The molecule has 1 heterocycles. The van der Waals surface area contributed by atoms with E-state index in [1.807, 2.05) is 31.2 Å². The maximum absolute atomic E-state index is 12.4. The summed E-state index contributed by atoms with van der Waals surface area (Å²) in [7, 11) is 1.62. The van der Waals surface area contributed by atoms with Crippen LogP contribution in [0.2, 0.25) is 0 Å². The zero-order chi connectivity index (χ0) is 17.1. The van der Waals surface area contributed by atoms with E-state index >= 15 is 0 Å². The highest BCUT2D eigenvalue weighted by molar-refractivity contribution is 8.00. The van der Waals surface area contributed by atoms with Crippen molar-refractivity contribution in [1.82, 2.24) is 14.8 Å². The highest BCUT2D eigenvalue weighted by Gasteiger charge is 2.30. The molecule has 1 saturated carbocycles. The first-order chi connectivity index (χ1) is 11.6. The van der Waals surface area contributed by atoms with Crippen LogP contribution >= 0.6 is 11.8 Å². The van der Waals surface area contributed by atoms with Crippen molar-refractivity contribution in [3.05, 3.63) is 30.1 Å². The van der Waals surface area contributed by atoms with Gasteiger partial charge in [0.05, 0.1) is 12.4 Å². The predicted octanol–water partition coefficient (Wildman–Crippen LogP) is 3.30. The largest absolute Gasteiger partial charge is 0.497 e. The number of aromatic nitrogens is 3. The van der Waals surface area contributed by atoms with Gasteiger partial charge in [-0.3, -0.25) is 4.79 Å². The molecular weight excluding hydrogens is 324 g/mol. The van der Waals surface area contributed by atoms with Crippen molar-refractivity contribution in [2.45, 2.75) is 49.6 Å². The molecule has 1 aliphatic carbocycles. The summed E-state index contributed by atoms with van der Waals surface area (Å²) in [5.74, 6) is 2.32. The van der Waals surface area contributed by atoms with E-state index < -0.39 is 0 Å². The number of amides is 1. The van der Waals surface area contributed by atoms with Gasteiger partial charge in [0.25, 0.3) is 0 Å². The van der Waals surface area contributed by atoms with Gasteiger partial charge in [-0.2, -0.15) is 0 Å². The van der Waals surface area contributed by atoms with Crippen LogP contribution in [0.1, 0.15) is 38.4 Å². The van der Waals surface area contributed by atoms with Crippen LogP contribution in [0.5, 0.6) is 5.75 Å². The normalized spacial score (nSPS) is 15.1. The van der Waals surface area contributed by atoms with Crippen molar-refractivity contribution >= 4 is 23.4 Å². The van der Waals surface area contributed by atoms with Crippen molar-refractivity contribution in [2.75, 3.05) is 12.4 Å². The standard InChI is InChI=1S/C17H22N4O2S/c1-4-21-15(12-5-6-12)19-20-17(21)24-11(2)16(22)18-13-7-9-14(23-3)10-8-13/h7-12H,4-6H2,1-3H3,(H,18,22)/t11-/m1/s1. The zero-order valence-electron chi connectivity index (χ0n) is 14.2. The van der Waals surface area contributed by atoms with Gasteiger partial charge in [0.2, 0.25) is 5.91 Å². The van der Waals surface area contributed by atoms with Crippen LogP contribution in [0.3, 0.4) is 0 Å². The maximum atomic E-state index is 12.4. The first-order valence-corrected chi connectivity index (χ1v) is 9.05. The molecule has 3 rings (SSSR count). The molecule has 1 fully saturated rings. The number of carbonyl (C=O) groups excluding carboxylic acids is 1. The molecule has 0 bridgehead atoms. The molecule has 1 N–H and O–H groups in total. The number of hydrogen-bond acceptors (Lipinski definition) is 5. The summed E-state index contributed by atoms with van der Waals surface area (Å²) < 4.78 is 7.24. The van der Waals surface area contributed by atoms with E-state index in [1.165, 1.54) is 24.6 Å². The maximum Gasteiger partial charge on any atom is 0.237 e. The van der Waals surface area contributed by atoms with Crippen molar-refractivity contribution in [1.29, 1.82) is 0 Å². The van der Waals surface area contributed by atoms with Crippen molar-refractivity contribution in [2.24, 2.45) is 0 Å². The monoisotopic (exact) mass is 346 g/mol. The second-order valence-electron chi connectivity index (χ2n) is 5.84. The average molecular weight is 346 g/mol. The van der Waals surface area contributed by atoms with Crippen molar-refractivity contribution in [3.63, 3.8) is 0 Å². The first kappa shape index (κ1) is 16.8. The Hall–Kier alpha value is -2.02. The Kier molecular flexibility index (Phi) is 5.08. The summed E-state index contributed by atoms with van der Waals surface area (Å²) in [5, 5.41) is 12.1. The number of carbonyl (C=O) groups is 1. The third kappa shape index (κ3) is 3.72. The molecule has 0 radical (unpaired) electrons. The highest BCUT2D eigenvalue weighted by atomic mass is 32.2. The molecule has 1 aromatic heterocycles. The van der Waals surface area contributed by atoms with Crippen LogP contribution in [0, 0.1) is 0 Å². The summed E-state index contributed by atoms with van der Waals surface area (Å²) in [6.07, 6.45) is 2.38. The lowest BCUT2D eigenvalue weighted by Crippen LogP contribution is -2.23. The Bertz CT molecular complexity index is 710. The van der Waals surface area contributed by atoms with Crippen LogP contribution in [0.25, 0.3) is 0 Å². The van der Waals surface area contributed by atoms with Gasteiger partial charge in [-0.25, -0.2) is 0 Å². The lowest BCUT2D eigenvalue weighted by Gasteiger charge is -2.13. The molecule has 0 saturated heterocycles. The van der Waals surface area contributed by atoms with E-state index in [9.17, 15) is 4.79 Å². The molecule has 128 valence electrons. The molecule has 0 aliphatic heterocycles. The van der Waals surface area contributed by atoms with Gasteiger partial charge >= 0.3 is 0 Å². The van der Waals surface area contributed by atoms with Crippen LogP contribution < -0.4 is 10.1 Å². The van der Waals surface area contributed by atoms with Crippen molar-refractivity contribution in [3.8, 4) is 5.75 Å². The Balaban J connectivity index is 1.63. The summed E-state index contributed by atoms with van der Waals surface area (Å²) in [6.45, 7) is 4.80. The lowest BCUT2D eigenvalue weighted by molar-refractivity contribution is -0.115. The SMILES string of the molecule is CCn1c(S[C@H](C)C(=O)Nc2ccc(OC)cc2)nnc1C1CC1. The number of benzene rings is 1. The Labute approximate surface area is 146 Å². The minimum absolute atomic E-state index is 0.0520. The fourth-order valence-corrected chi connectivity index (χ4v) is 3.38. The van der Waals surface area contributed by atoms with E-state index in [1.54, 1.807) is 7.11 Å². The molecule has 24 heavy (non-hydrogen) atoms. The van der Waals surface area contributed by atoms with Crippen LogP contribution in [-0.4, -0.2) is 33.0 Å². The Morgan fingerprint density at radius 1 is 1.38 bits per heavy atom. The number of rotatable bonds is 7. The fourth-order valence-electron chi connectivity index (χ4n) is 2.46. The smallest absolute Gasteiger partial charge is 0.237 e. The Morgan fingerprint density at radius 3 is 2.67 bits per heavy atom. The number of thioether (sulfide) groups is 1. The van der Waals surface area contributed by atoms with E-state index in [0.29, 0.717) is 5.92 Å². The number of hydrogen-bond donors (Lipinski definition) is 1. The van der Waals surface area contributed by atoms with Gasteiger partial charge in [0.1, 0.15) is 11.6 Å². The van der Waals surface area contributed by atoms with Gasteiger partial charge in [0.15, 0.2) is 5.16 Å². The van der Waals surface area contributed by atoms with Gasteiger partial charge < -0.3 is 14.6 Å². The van der Waals surface area contributed by atoms with E-state index in [-0.39, 0.29) is 11.2 Å². The third-order valence-electron chi connectivity index (χ3n) is 4.01. The van der Waals surface area contributed by atoms with Crippen LogP contribution in [0.15, 0.2) is 29.4 Å². The second kappa shape index (κ2) is 7.25. The predicted molar refractivity (Wildman–Crippen MR) is 94.6 cm³/mol. The minimum atomic E-state index is -0.256. The van der Waals surface area contributed by atoms with Gasteiger partial charge in [-0.15, -0.1) is 10.2 Å².